The second kappa shape index (κ2) is 8.97. The lowest BCUT2D eigenvalue weighted by Gasteiger charge is -2.27. The predicted octanol–water partition coefficient (Wildman–Crippen LogP) is 3.72. The van der Waals surface area contributed by atoms with Crippen LogP contribution in [0.15, 0.2) is 66.7 Å². The number of hydrogen-bond donors (Lipinski definition) is 1. The van der Waals surface area contributed by atoms with Crippen molar-refractivity contribution in [2.45, 2.75) is 13.0 Å². The van der Waals surface area contributed by atoms with Crippen molar-refractivity contribution in [2.24, 2.45) is 0 Å². The molecular formula is C24H24N2O4. The van der Waals surface area contributed by atoms with Crippen molar-refractivity contribution in [3.63, 3.8) is 0 Å². The highest BCUT2D eigenvalue weighted by Crippen LogP contribution is 2.26. The van der Waals surface area contributed by atoms with Crippen LogP contribution in [0.25, 0.3) is 10.8 Å². The number of hydrogen-bond acceptors (Lipinski definition) is 4. The van der Waals surface area contributed by atoms with E-state index in [0.717, 1.165) is 10.8 Å². The van der Waals surface area contributed by atoms with Gasteiger partial charge >= 0.3 is 0 Å². The van der Waals surface area contributed by atoms with E-state index in [4.69, 9.17) is 9.47 Å². The summed E-state index contributed by atoms with van der Waals surface area (Å²) in [6, 6.07) is 20.7. The van der Waals surface area contributed by atoms with Gasteiger partial charge in [0.1, 0.15) is 5.75 Å². The fraction of sp³-hybridized carbons (Fsp3) is 0.250. The Morgan fingerprint density at radius 2 is 1.67 bits per heavy atom. The van der Waals surface area contributed by atoms with Gasteiger partial charge in [0, 0.05) is 18.5 Å². The van der Waals surface area contributed by atoms with Gasteiger partial charge in [-0.3, -0.25) is 9.59 Å². The molecule has 1 fully saturated rings. The minimum atomic E-state index is -0.734. The first-order valence-electron chi connectivity index (χ1n) is 10.0. The van der Waals surface area contributed by atoms with E-state index in [2.05, 4.69) is 5.32 Å². The monoisotopic (exact) mass is 404 g/mol. The Labute approximate surface area is 175 Å². The number of ether oxygens (including phenoxy) is 2. The van der Waals surface area contributed by atoms with Gasteiger partial charge in [0.2, 0.25) is 0 Å². The van der Waals surface area contributed by atoms with Gasteiger partial charge in [0.25, 0.3) is 11.8 Å². The topological polar surface area (TPSA) is 67.9 Å². The second-order valence-electron chi connectivity index (χ2n) is 7.18. The zero-order valence-corrected chi connectivity index (χ0v) is 16.8. The molecule has 1 saturated heterocycles. The van der Waals surface area contributed by atoms with Gasteiger partial charge in [0.15, 0.2) is 6.10 Å². The average molecular weight is 404 g/mol. The lowest BCUT2D eigenvalue weighted by atomic mass is 10.1. The molecule has 0 radical (unpaired) electrons. The summed E-state index contributed by atoms with van der Waals surface area (Å²) in [5.74, 6) is 0.218. The van der Waals surface area contributed by atoms with Crippen molar-refractivity contribution in [1.82, 2.24) is 4.90 Å². The lowest BCUT2D eigenvalue weighted by Crippen LogP contribution is -2.41. The van der Waals surface area contributed by atoms with Crippen LogP contribution in [0.1, 0.15) is 17.3 Å². The molecule has 0 spiro atoms. The number of nitrogens with one attached hydrogen (secondary N) is 1. The summed E-state index contributed by atoms with van der Waals surface area (Å²) in [5, 5.41) is 4.85. The number of nitrogens with zero attached hydrogens (tertiary/aromatic N) is 1. The van der Waals surface area contributed by atoms with Crippen molar-refractivity contribution in [1.29, 1.82) is 0 Å². The van der Waals surface area contributed by atoms with E-state index in [9.17, 15) is 9.59 Å². The Morgan fingerprint density at radius 3 is 2.50 bits per heavy atom. The molecule has 6 heteroatoms. The average Bonchev–Trinajstić information content (AvgIpc) is 2.80. The van der Waals surface area contributed by atoms with Crippen molar-refractivity contribution >= 4 is 28.3 Å². The molecule has 1 unspecified atom stereocenters. The van der Waals surface area contributed by atoms with Crippen LogP contribution in [0.3, 0.4) is 0 Å². The number of rotatable bonds is 5. The first kappa shape index (κ1) is 19.9. The molecule has 3 aromatic carbocycles. The number of carbonyl (C=O) groups is 2. The van der Waals surface area contributed by atoms with Crippen LogP contribution in [0, 0.1) is 0 Å². The molecule has 154 valence electrons. The molecule has 1 heterocycles. The van der Waals surface area contributed by atoms with E-state index in [0.29, 0.717) is 43.3 Å². The van der Waals surface area contributed by atoms with Gasteiger partial charge in [-0.05, 0) is 30.5 Å². The van der Waals surface area contributed by atoms with E-state index in [1.807, 2.05) is 42.5 Å². The van der Waals surface area contributed by atoms with E-state index < -0.39 is 6.10 Å². The lowest BCUT2D eigenvalue weighted by molar-refractivity contribution is -0.122. The summed E-state index contributed by atoms with van der Waals surface area (Å²) in [5.41, 5.74) is 0.942. The van der Waals surface area contributed by atoms with E-state index in [-0.39, 0.29) is 11.8 Å². The summed E-state index contributed by atoms with van der Waals surface area (Å²) >= 11 is 0. The Kier molecular flexibility index (Phi) is 5.95. The van der Waals surface area contributed by atoms with E-state index in [1.54, 1.807) is 36.1 Å². The van der Waals surface area contributed by atoms with Crippen LogP contribution in [0.2, 0.25) is 0 Å². The highest BCUT2D eigenvalue weighted by molar-refractivity contribution is 6.04. The summed E-state index contributed by atoms with van der Waals surface area (Å²) in [6.07, 6.45) is -0.734. The third-order valence-corrected chi connectivity index (χ3v) is 5.14. The molecule has 1 atom stereocenters. The molecule has 0 bridgehead atoms. The van der Waals surface area contributed by atoms with Gasteiger partial charge in [-0.2, -0.15) is 0 Å². The van der Waals surface area contributed by atoms with Crippen LogP contribution in [-0.4, -0.2) is 49.1 Å². The van der Waals surface area contributed by atoms with Crippen LogP contribution in [-0.2, 0) is 9.53 Å². The summed E-state index contributed by atoms with van der Waals surface area (Å²) in [4.78, 5) is 27.5. The summed E-state index contributed by atoms with van der Waals surface area (Å²) < 4.78 is 11.3. The minimum Gasteiger partial charge on any atom is -0.480 e. The molecule has 1 aliphatic rings. The van der Waals surface area contributed by atoms with Gasteiger partial charge in [-0.25, -0.2) is 0 Å². The van der Waals surface area contributed by atoms with Crippen LogP contribution in [0.5, 0.6) is 5.75 Å². The third kappa shape index (κ3) is 4.28. The second-order valence-corrected chi connectivity index (χ2v) is 7.18. The Hall–Kier alpha value is -3.38. The summed E-state index contributed by atoms with van der Waals surface area (Å²) in [7, 11) is 0. The van der Waals surface area contributed by atoms with Gasteiger partial charge < -0.3 is 19.7 Å². The van der Waals surface area contributed by atoms with Gasteiger partial charge in [-0.1, -0.05) is 48.5 Å². The number of para-hydroxylation sites is 1. The molecule has 4 rings (SSSR count). The Balaban J connectivity index is 1.49. The van der Waals surface area contributed by atoms with E-state index >= 15 is 0 Å². The maximum atomic E-state index is 12.9. The number of anilines is 1. The smallest absolute Gasteiger partial charge is 0.265 e. The SMILES string of the molecule is CC(Oc1cccc2ccccc12)C(=O)Nc1ccccc1C(=O)N1CCOCC1. The fourth-order valence-corrected chi connectivity index (χ4v) is 3.49. The standard InChI is InChI=1S/C24H24N2O4/c1-17(30-22-12-6-8-18-7-2-3-9-19(18)22)23(27)25-21-11-5-4-10-20(21)24(28)26-13-15-29-16-14-26/h2-12,17H,13-16H2,1H3,(H,25,27). The van der Waals surface area contributed by atoms with Gasteiger partial charge in [0.05, 0.1) is 24.5 Å². The summed E-state index contributed by atoms with van der Waals surface area (Å²) in [6.45, 7) is 3.83. The van der Waals surface area contributed by atoms with Gasteiger partial charge in [-0.15, -0.1) is 0 Å². The quantitative estimate of drug-likeness (QED) is 0.704. The van der Waals surface area contributed by atoms with Crippen LogP contribution in [0.4, 0.5) is 5.69 Å². The normalized spacial score (nSPS) is 14.9. The number of benzene rings is 3. The molecule has 1 aliphatic heterocycles. The maximum absolute atomic E-state index is 12.9. The number of carbonyl (C=O) groups excluding carboxylic acids is 2. The molecule has 0 aromatic heterocycles. The molecule has 0 aliphatic carbocycles. The maximum Gasteiger partial charge on any atom is 0.265 e. The minimum absolute atomic E-state index is 0.114. The molecule has 30 heavy (non-hydrogen) atoms. The Morgan fingerprint density at radius 1 is 0.967 bits per heavy atom. The van der Waals surface area contributed by atoms with Crippen molar-refractivity contribution in [3.05, 3.63) is 72.3 Å². The van der Waals surface area contributed by atoms with Crippen molar-refractivity contribution in [3.8, 4) is 5.75 Å². The zero-order valence-electron chi connectivity index (χ0n) is 16.8. The first-order chi connectivity index (χ1) is 14.6. The number of amides is 2. The first-order valence-corrected chi connectivity index (χ1v) is 10.0. The molecule has 0 saturated carbocycles. The highest BCUT2D eigenvalue weighted by atomic mass is 16.5. The van der Waals surface area contributed by atoms with Crippen molar-refractivity contribution < 1.29 is 19.1 Å². The van der Waals surface area contributed by atoms with Crippen LogP contribution < -0.4 is 10.1 Å². The fourth-order valence-electron chi connectivity index (χ4n) is 3.49. The molecular weight excluding hydrogens is 380 g/mol. The largest absolute Gasteiger partial charge is 0.480 e. The zero-order chi connectivity index (χ0) is 20.9. The third-order valence-electron chi connectivity index (χ3n) is 5.14. The van der Waals surface area contributed by atoms with Crippen LogP contribution >= 0.6 is 0 Å². The predicted molar refractivity (Wildman–Crippen MR) is 116 cm³/mol. The highest BCUT2D eigenvalue weighted by Gasteiger charge is 2.23. The van der Waals surface area contributed by atoms with E-state index in [1.165, 1.54) is 0 Å². The Bertz CT molecular complexity index is 1050. The number of morpholine rings is 1. The van der Waals surface area contributed by atoms with Crippen molar-refractivity contribution in [2.75, 3.05) is 31.6 Å². The molecule has 3 aromatic rings. The molecule has 1 N–H and O–H groups in total. The molecule has 6 nitrogen and oxygen atoms in total. The number of fused-ring (bicyclic) bond motifs is 1. The molecule has 2 amide bonds.